The van der Waals surface area contributed by atoms with Gasteiger partial charge in [0.2, 0.25) is 0 Å². The normalized spacial score (nSPS) is 18.8. The van der Waals surface area contributed by atoms with Crippen LogP contribution in [0.25, 0.3) is 0 Å². The van der Waals surface area contributed by atoms with Gasteiger partial charge in [-0.2, -0.15) is 0 Å². The molecule has 0 bridgehead atoms. The number of nitrogens with two attached hydrogens (primary N) is 1. The van der Waals surface area contributed by atoms with Crippen LogP contribution < -0.4 is 11.1 Å². The maximum Gasteiger partial charge on any atom is 0.189 e. The quantitative estimate of drug-likeness (QED) is 0.621. The second-order valence-electron chi connectivity index (χ2n) is 5.69. The summed E-state index contributed by atoms with van der Waals surface area (Å²) in [6, 6.07) is 5.06. The van der Waals surface area contributed by atoms with Crippen molar-refractivity contribution in [3.05, 3.63) is 33.8 Å². The monoisotopic (exact) mass is 363 g/mol. The molecule has 1 aliphatic carbocycles. The maximum atomic E-state index is 11.7. The predicted octanol–water partition coefficient (Wildman–Crippen LogP) is 2.54. The summed E-state index contributed by atoms with van der Waals surface area (Å²) in [5.41, 5.74) is 6.69. The van der Waals surface area contributed by atoms with Gasteiger partial charge < -0.3 is 11.1 Å². The molecule has 0 spiro atoms. The van der Waals surface area contributed by atoms with Crippen LogP contribution in [0.3, 0.4) is 0 Å². The zero-order chi connectivity index (χ0) is 16.5. The van der Waals surface area contributed by atoms with E-state index in [0.29, 0.717) is 22.9 Å². The van der Waals surface area contributed by atoms with E-state index in [4.69, 9.17) is 28.9 Å². The van der Waals surface area contributed by atoms with Crippen LogP contribution in [0.2, 0.25) is 10.0 Å². The summed E-state index contributed by atoms with van der Waals surface area (Å²) >= 11 is 12.0. The zero-order valence-electron chi connectivity index (χ0n) is 12.4. The Labute approximate surface area is 140 Å². The Hall–Kier alpha value is -0.980. The summed E-state index contributed by atoms with van der Waals surface area (Å²) < 4.78 is 22.7. The molecule has 22 heavy (non-hydrogen) atoms. The molecule has 122 valence electrons. The molecule has 1 unspecified atom stereocenters. The third-order valence-corrected chi connectivity index (χ3v) is 6.60. The number of nitrogens with one attached hydrogen (secondary N) is 1. The van der Waals surface area contributed by atoms with Gasteiger partial charge in [-0.05, 0) is 37.5 Å². The molecule has 0 radical (unpaired) electrons. The van der Waals surface area contributed by atoms with Crippen molar-refractivity contribution in [1.82, 2.24) is 5.32 Å². The topological polar surface area (TPSA) is 84.5 Å². The van der Waals surface area contributed by atoms with E-state index in [0.717, 1.165) is 5.56 Å². The molecule has 5 nitrogen and oxygen atoms in total. The first kappa shape index (κ1) is 17.4. The number of rotatable bonds is 5. The molecule has 3 N–H and O–H groups in total. The Morgan fingerprint density at radius 1 is 1.45 bits per heavy atom. The van der Waals surface area contributed by atoms with Crippen molar-refractivity contribution in [3.8, 4) is 0 Å². The Balaban J connectivity index is 2.02. The van der Waals surface area contributed by atoms with E-state index in [1.807, 2.05) is 13.0 Å². The number of aliphatic imine (C=N–C) groups is 1. The minimum atomic E-state index is -3.11. The lowest BCUT2D eigenvalue weighted by atomic mass is 10.1. The van der Waals surface area contributed by atoms with Crippen LogP contribution >= 0.6 is 23.2 Å². The molecule has 8 heteroatoms. The maximum absolute atomic E-state index is 11.7. The van der Waals surface area contributed by atoms with Gasteiger partial charge in [0.15, 0.2) is 15.8 Å². The highest BCUT2D eigenvalue weighted by Gasteiger charge is 2.51. The molecule has 0 aromatic heterocycles. The van der Waals surface area contributed by atoms with Gasteiger partial charge in [-0.25, -0.2) is 8.42 Å². The van der Waals surface area contributed by atoms with E-state index in [1.165, 1.54) is 6.26 Å². The molecule has 1 aromatic carbocycles. The minimum absolute atomic E-state index is 0.165. The zero-order valence-corrected chi connectivity index (χ0v) is 14.8. The summed E-state index contributed by atoms with van der Waals surface area (Å²) in [7, 11) is -3.11. The number of sulfone groups is 1. The van der Waals surface area contributed by atoms with Crippen LogP contribution in [-0.2, 0) is 9.84 Å². The van der Waals surface area contributed by atoms with Crippen molar-refractivity contribution in [2.24, 2.45) is 10.7 Å². The van der Waals surface area contributed by atoms with Crippen molar-refractivity contribution in [2.45, 2.75) is 30.6 Å². The van der Waals surface area contributed by atoms with Crippen molar-refractivity contribution in [3.63, 3.8) is 0 Å². The fourth-order valence-electron chi connectivity index (χ4n) is 2.21. The molecule has 1 aliphatic rings. The SMILES string of the molecule is CC(NC(N)=NCC1(S(C)(=O)=O)CC1)c1ccc(Cl)cc1Cl. The predicted molar refractivity (Wildman–Crippen MR) is 91.3 cm³/mol. The number of benzene rings is 1. The fraction of sp³-hybridized carbons (Fsp3) is 0.500. The first-order valence-corrected chi connectivity index (χ1v) is 9.50. The lowest BCUT2D eigenvalue weighted by Crippen LogP contribution is -2.36. The average molecular weight is 364 g/mol. The van der Waals surface area contributed by atoms with E-state index in [2.05, 4.69) is 10.3 Å². The van der Waals surface area contributed by atoms with Gasteiger partial charge in [0.05, 0.1) is 17.3 Å². The summed E-state index contributed by atoms with van der Waals surface area (Å²) in [6.45, 7) is 2.08. The first-order valence-electron chi connectivity index (χ1n) is 6.86. The largest absolute Gasteiger partial charge is 0.370 e. The van der Waals surface area contributed by atoms with E-state index in [1.54, 1.807) is 12.1 Å². The highest BCUT2D eigenvalue weighted by atomic mass is 35.5. The Bertz CT molecular complexity index is 700. The third-order valence-electron chi connectivity index (χ3n) is 3.93. The van der Waals surface area contributed by atoms with Gasteiger partial charge in [0.1, 0.15) is 0 Å². The van der Waals surface area contributed by atoms with E-state index < -0.39 is 14.6 Å². The van der Waals surface area contributed by atoms with Crippen LogP contribution in [-0.4, -0.2) is 31.9 Å². The van der Waals surface area contributed by atoms with E-state index in [-0.39, 0.29) is 18.5 Å². The highest BCUT2D eigenvalue weighted by Crippen LogP contribution is 2.43. The number of halogens is 2. The van der Waals surface area contributed by atoms with Gasteiger partial charge >= 0.3 is 0 Å². The molecule has 1 fully saturated rings. The molecule has 0 aliphatic heterocycles. The fourth-order valence-corrected chi connectivity index (χ4v) is 3.93. The third kappa shape index (κ3) is 3.86. The highest BCUT2D eigenvalue weighted by molar-refractivity contribution is 7.92. The lowest BCUT2D eigenvalue weighted by molar-refractivity contribution is 0.583. The molecular weight excluding hydrogens is 345 g/mol. The molecule has 1 atom stereocenters. The van der Waals surface area contributed by atoms with Crippen LogP contribution in [0, 0.1) is 0 Å². The number of hydrogen-bond acceptors (Lipinski definition) is 3. The van der Waals surface area contributed by atoms with Gasteiger partial charge in [0, 0.05) is 16.3 Å². The van der Waals surface area contributed by atoms with Crippen LogP contribution in [0.15, 0.2) is 23.2 Å². The van der Waals surface area contributed by atoms with Gasteiger partial charge in [-0.1, -0.05) is 29.3 Å². The average Bonchev–Trinajstić information content (AvgIpc) is 3.16. The second kappa shape index (κ2) is 6.26. The van der Waals surface area contributed by atoms with Crippen molar-refractivity contribution < 1.29 is 8.42 Å². The van der Waals surface area contributed by atoms with Gasteiger partial charge in [-0.3, -0.25) is 4.99 Å². The molecule has 1 aromatic rings. The molecular formula is C14H19Cl2N3O2S. The van der Waals surface area contributed by atoms with E-state index in [9.17, 15) is 8.42 Å². The second-order valence-corrected chi connectivity index (χ2v) is 8.94. The van der Waals surface area contributed by atoms with Crippen LogP contribution in [0.5, 0.6) is 0 Å². The molecule has 2 rings (SSSR count). The molecule has 0 amide bonds. The van der Waals surface area contributed by atoms with Gasteiger partial charge in [-0.15, -0.1) is 0 Å². The van der Waals surface area contributed by atoms with Gasteiger partial charge in [0.25, 0.3) is 0 Å². The Morgan fingerprint density at radius 2 is 2.09 bits per heavy atom. The molecule has 0 saturated heterocycles. The summed E-state index contributed by atoms with van der Waals surface area (Å²) in [4.78, 5) is 4.17. The smallest absolute Gasteiger partial charge is 0.189 e. The lowest BCUT2D eigenvalue weighted by Gasteiger charge is -2.17. The number of nitrogens with zero attached hydrogens (tertiary/aromatic N) is 1. The van der Waals surface area contributed by atoms with Crippen molar-refractivity contribution in [1.29, 1.82) is 0 Å². The standard InChI is InChI=1S/C14H19Cl2N3O2S/c1-9(11-4-3-10(15)7-12(11)16)19-13(17)18-8-14(5-6-14)22(2,20)21/h3-4,7,9H,5-6,8H2,1-2H3,(H3,17,18,19). The first-order chi connectivity index (χ1) is 10.1. The Kier molecular flexibility index (Phi) is 4.94. The molecule has 0 heterocycles. The van der Waals surface area contributed by atoms with Crippen molar-refractivity contribution >= 4 is 39.0 Å². The minimum Gasteiger partial charge on any atom is -0.370 e. The summed E-state index contributed by atoms with van der Waals surface area (Å²) in [5, 5.41) is 4.11. The summed E-state index contributed by atoms with van der Waals surface area (Å²) in [5.74, 6) is 0.202. The number of guanidine groups is 1. The number of hydrogen-bond donors (Lipinski definition) is 2. The molecule has 1 saturated carbocycles. The van der Waals surface area contributed by atoms with Crippen LogP contribution in [0.4, 0.5) is 0 Å². The summed E-state index contributed by atoms with van der Waals surface area (Å²) in [6.07, 6.45) is 2.53. The van der Waals surface area contributed by atoms with E-state index >= 15 is 0 Å². The van der Waals surface area contributed by atoms with Crippen LogP contribution in [0.1, 0.15) is 31.4 Å². The van der Waals surface area contributed by atoms with Crippen molar-refractivity contribution in [2.75, 3.05) is 12.8 Å². The Morgan fingerprint density at radius 3 is 2.59 bits per heavy atom.